The lowest BCUT2D eigenvalue weighted by Gasteiger charge is -2.11. The highest BCUT2D eigenvalue weighted by Crippen LogP contribution is 2.27. The Morgan fingerprint density at radius 3 is 2.33 bits per heavy atom. The van der Waals surface area contributed by atoms with E-state index in [2.05, 4.69) is 15.9 Å². The lowest BCUT2D eigenvalue weighted by molar-refractivity contribution is 0.591. The highest BCUT2D eigenvalue weighted by Gasteiger charge is 2.20. The van der Waals surface area contributed by atoms with Gasteiger partial charge in [-0.15, -0.1) is 0 Å². The van der Waals surface area contributed by atoms with Gasteiger partial charge >= 0.3 is 0 Å². The molecule has 0 radical (unpaired) electrons. The highest BCUT2D eigenvalue weighted by atomic mass is 79.9. The van der Waals surface area contributed by atoms with Crippen LogP contribution < -0.4 is 10.5 Å². The number of nitrogens with two attached hydrogens (primary N) is 1. The van der Waals surface area contributed by atoms with Crippen LogP contribution in [0, 0.1) is 17.5 Å². The molecule has 0 aliphatic carbocycles. The summed E-state index contributed by atoms with van der Waals surface area (Å²) in [7, 11) is -4.28. The van der Waals surface area contributed by atoms with E-state index in [1.165, 1.54) is 0 Å². The highest BCUT2D eigenvalue weighted by molar-refractivity contribution is 9.10. The molecule has 0 aliphatic heterocycles. The molecule has 0 amide bonds. The van der Waals surface area contributed by atoms with Gasteiger partial charge in [0, 0.05) is 6.07 Å². The van der Waals surface area contributed by atoms with Gasteiger partial charge in [-0.05, 0) is 40.2 Å². The van der Waals surface area contributed by atoms with Crippen molar-refractivity contribution >= 4 is 37.3 Å². The van der Waals surface area contributed by atoms with Gasteiger partial charge < -0.3 is 5.73 Å². The largest absolute Gasteiger partial charge is 0.398 e. The minimum atomic E-state index is -4.28. The van der Waals surface area contributed by atoms with Crippen LogP contribution in [0.1, 0.15) is 0 Å². The maximum atomic E-state index is 13.6. The Balaban J connectivity index is 2.45. The number of nitrogens with one attached hydrogen (secondary N) is 1. The zero-order valence-electron chi connectivity index (χ0n) is 10.2. The Morgan fingerprint density at radius 1 is 1.05 bits per heavy atom. The zero-order valence-corrected chi connectivity index (χ0v) is 12.6. The van der Waals surface area contributed by atoms with E-state index in [1.807, 2.05) is 4.72 Å². The van der Waals surface area contributed by atoms with Crippen molar-refractivity contribution in [3.63, 3.8) is 0 Å². The van der Waals surface area contributed by atoms with Gasteiger partial charge in [-0.2, -0.15) is 0 Å². The number of halogens is 4. The van der Waals surface area contributed by atoms with E-state index in [4.69, 9.17) is 5.73 Å². The lowest BCUT2D eigenvalue weighted by Crippen LogP contribution is -2.16. The Morgan fingerprint density at radius 2 is 1.71 bits per heavy atom. The van der Waals surface area contributed by atoms with Gasteiger partial charge in [-0.3, -0.25) is 4.72 Å². The predicted octanol–water partition coefficient (Wildman–Crippen LogP) is 3.25. The number of hydrogen-bond acceptors (Lipinski definition) is 3. The molecule has 0 saturated carbocycles. The van der Waals surface area contributed by atoms with Crippen molar-refractivity contribution in [2.75, 3.05) is 10.5 Å². The normalized spacial score (nSPS) is 11.4. The molecule has 0 atom stereocenters. The third kappa shape index (κ3) is 3.30. The second-order valence-corrected chi connectivity index (χ2v) is 6.54. The molecule has 4 nitrogen and oxygen atoms in total. The summed E-state index contributed by atoms with van der Waals surface area (Å²) in [6.45, 7) is 0. The van der Waals surface area contributed by atoms with Crippen LogP contribution in [0.4, 0.5) is 24.5 Å². The van der Waals surface area contributed by atoms with Crippen molar-refractivity contribution in [2.24, 2.45) is 0 Å². The molecule has 3 N–H and O–H groups in total. The standard InChI is InChI=1S/C12H8BrF3N2O2S/c13-7-4-9(16)11(5-8(7)15)18-21(19,20)12-2-1-6(14)3-10(12)17/h1-5,18H,17H2. The number of nitrogen functional groups attached to an aromatic ring is 1. The molecule has 0 heterocycles. The second-order valence-electron chi connectivity index (χ2n) is 4.03. The molecule has 112 valence electrons. The van der Waals surface area contributed by atoms with Gasteiger partial charge in [-0.25, -0.2) is 21.6 Å². The summed E-state index contributed by atoms with van der Waals surface area (Å²) in [6.07, 6.45) is 0. The molecule has 0 unspecified atom stereocenters. The van der Waals surface area contributed by atoms with Crippen molar-refractivity contribution in [2.45, 2.75) is 4.90 Å². The number of rotatable bonds is 3. The summed E-state index contributed by atoms with van der Waals surface area (Å²) in [4.78, 5) is -0.438. The Kier molecular flexibility index (Phi) is 4.15. The maximum absolute atomic E-state index is 13.6. The van der Waals surface area contributed by atoms with Crippen LogP contribution in [-0.2, 0) is 10.0 Å². The van der Waals surface area contributed by atoms with Crippen LogP contribution in [0.3, 0.4) is 0 Å². The van der Waals surface area contributed by atoms with Crippen molar-refractivity contribution in [1.29, 1.82) is 0 Å². The fraction of sp³-hybridized carbons (Fsp3) is 0. The summed E-state index contributed by atoms with van der Waals surface area (Å²) in [5.74, 6) is -2.54. The molecule has 0 aromatic heterocycles. The molecular weight excluding hydrogens is 373 g/mol. The average molecular weight is 381 g/mol. The lowest BCUT2D eigenvalue weighted by atomic mass is 10.3. The molecule has 2 rings (SSSR count). The summed E-state index contributed by atoms with van der Waals surface area (Å²) < 4.78 is 65.7. The van der Waals surface area contributed by atoms with Gasteiger partial charge in [-0.1, -0.05) is 0 Å². The van der Waals surface area contributed by atoms with Gasteiger partial charge in [0.1, 0.15) is 22.3 Å². The van der Waals surface area contributed by atoms with Gasteiger partial charge in [0.15, 0.2) is 0 Å². The van der Waals surface area contributed by atoms with Gasteiger partial charge in [0.25, 0.3) is 10.0 Å². The van der Waals surface area contributed by atoms with E-state index in [0.29, 0.717) is 6.07 Å². The predicted molar refractivity (Wildman–Crippen MR) is 75.7 cm³/mol. The molecule has 2 aromatic carbocycles. The first-order valence-electron chi connectivity index (χ1n) is 5.43. The quantitative estimate of drug-likeness (QED) is 0.634. The van der Waals surface area contributed by atoms with Crippen molar-refractivity contribution < 1.29 is 21.6 Å². The molecule has 9 heteroatoms. The fourth-order valence-corrected chi connectivity index (χ4v) is 3.05. The van der Waals surface area contributed by atoms with Crippen molar-refractivity contribution in [1.82, 2.24) is 0 Å². The smallest absolute Gasteiger partial charge is 0.264 e. The van der Waals surface area contributed by atoms with Crippen LogP contribution in [-0.4, -0.2) is 8.42 Å². The Bertz CT molecular complexity index is 812. The van der Waals surface area contributed by atoms with Gasteiger partial charge in [0.2, 0.25) is 0 Å². The number of sulfonamides is 1. The summed E-state index contributed by atoms with van der Waals surface area (Å²) in [6, 6.07) is 4.09. The monoisotopic (exact) mass is 380 g/mol. The second kappa shape index (κ2) is 5.57. The molecule has 0 bridgehead atoms. The molecule has 2 aromatic rings. The van der Waals surface area contributed by atoms with E-state index in [9.17, 15) is 21.6 Å². The molecule has 21 heavy (non-hydrogen) atoms. The summed E-state index contributed by atoms with van der Waals surface area (Å²) in [5.41, 5.74) is 4.49. The Hall–Kier alpha value is -1.74. The molecule has 0 fully saturated rings. The first kappa shape index (κ1) is 15.6. The third-order valence-corrected chi connectivity index (χ3v) is 4.56. The van der Waals surface area contributed by atoms with E-state index in [-0.39, 0.29) is 10.2 Å². The first-order valence-corrected chi connectivity index (χ1v) is 7.71. The summed E-state index contributed by atoms with van der Waals surface area (Å²) >= 11 is 2.77. The fourth-order valence-electron chi connectivity index (χ4n) is 1.56. The SMILES string of the molecule is Nc1cc(F)ccc1S(=O)(=O)Nc1cc(F)c(Br)cc1F. The van der Waals surface area contributed by atoms with Crippen LogP contribution >= 0.6 is 15.9 Å². The molecule has 0 saturated heterocycles. The number of hydrogen-bond donors (Lipinski definition) is 2. The average Bonchev–Trinajstić information content (AvgIpc) is 2.35. The van der Waals surface area contributed by atoms with Gasteiger partial charge in [0.05, 0.1) is 15.8 Å². The minimum absolute atomic E-state index is 0.149. The molecule has 0 aliphatic rings. The van der Waals surface area contributed by atoms with E-state index >= 15 is 0 Å². The molecule has 0 spiro atoms. The maximum Gasteiger partial charge on any atom is 0.264 e. The first-order chi connectivity index (χ1) is 9.70. The van der Waals surface area contributed by atoms with E-state index < -0.39 is 38.1 Å². The van der Waals surface area contributed by atoms with Crippen molar-refractivity contribution in [3.05, 3.63) is 52.3 Å². The van der Waals surface area contributed by atoms with Crippen LogP contribution in [0.2, 0.25) is 0 Å². The van der Waals surface area contributed by atoms with E-state index in [0.717, 1.165) is 24.3 Å². The minimum Gasteiger partial charge on any atom is -0.398 e. The topological polar surface area (TPSA) is 72.2 Å². The summed E-state index contributed by atoms with van der Waals surface area (Å²) in [5, 5.41) is 0. The number of benzene rings is 2. The Labute approximate surface area is 127 Å². The zero-order chi connectivity index (χ0) is 15.8. The number of anilines is 2. The van der Waals surface area contributed by atoms with Crippen LogP contribution in [0.15, 0.2) is 39.7 Å². The molecular formula is C12H8BrF3N2O2S. The van der Waals surface area contributed by atoms with Crippen LogP contribution in [0.5, 0.6) is 0 Å². The third-order valence-electron chi connectivity index (χ3n) is 2.52. The van der Waals surface area contributed by atoms with E-state index in [1.54, 1.807) is 0 Å². The van der Waals surface area contributed by atoms with Crippen LogP contribution in [0.25, 0.3) is 0 Å². The van der Waals surface area contributed by atoms with Crippen molar-refractivity contribution in [3.8, 4) is 0 Å².